The maximum atomic E-state index is 13.2. The molecule has 0 heterocycles. The first-order valence-electron chi connectivity index (χ1n) is 9.51. The quantitative estimate of drug-likeness (QED) is 0.628. The standard InChI is InChI=1S/C22H26Cl2N2O2/c1-3-12-25-22(28)20(4-2)26(15-16-8-6-5-7-9-16)21(27)14-17-10-11-18(23)19(24)13-17/h5-11,13,20H,3-4,12,14-15H2,1-2H3,(H,25,28)/t20-/m0/s1. The molecule has 0 fully saturated rings. The third kappa shape index (κ3) is 6.25. The summed E-state index contributed by atoms with van der Waals surface area (Å²) in [6, 6.07) is 14.3. The molecule has 0 aromatic heterocycles. The molecule has 2 aromatic rings. The van der Waals surface area contributed by atoms with Crippen LogP contribution in [-0.2, 0) is 22.6 Å². The summed E-state index contributed by atoms with van der Waals surface area (Å²) in [5, 5.41) is 3.77. The van der Waals surface area contributed by atoms with Crippen LogP contribution in [0.1, 0.15) is 37.8 Å². The Hall–Kier alpha value is -2.04. The lowest BCUT2D eigenvalue weighted by atomic mass is 10.1. The zero-order valence-corrected chi connectivity index (χ0v) is 17.8. The molecule has 1 atom stereocenters. The van der Waals surface area contributed by atoms with Gasteiger partial charge in [0.05, 0.1) is 16.5 Å². The van der Waals surface area contributed by atoms with E-state index in [0.29, 0.717) is 29.6 Å². The predicted molar refractivity (Wildman–Crippen MR) is 115 cm³/mol. The first-order valence-corrected chi connectivity index (χ1v) is 10.3. The minimum Gasteiger partial charge on any atom is -0.354 e. The van der Waals surface area contributed by atoms with Gasteiger partial charge in [0.15, 0.2) is 0 Å². The van der Waals surface area contributed by atoms with Crippen LogP contribution in [0.25, 0.3) is 0 Å². The van der Waals surface area contributed by atoms with Crippen molar-refractivity contribution >= 4 is 35.0 Å². The molecule has 1 N–H and O–H groups in total. The van der Waals surface area contributed by atoms with Crippen molar-refractivity contribution in [3.63, 3.8) is 0 Å². The lowest BCUT2D eigenvalue weighted by Crippen LogP contribution is -2.49. The molecule has 0 aliphatic carbocycles. The summed E-state index contributed by atoms with van der Waals surface area (Å²) in [7, 11) is 0. The molecule has 2 amide bonds. The molecule has 0 radical (unpaired) electrons. The fourth-order valence-corrected chi connectivity index (χ4v) is 3.31. The molecule has 2 aromatic carbocycles. The number of halogens is 2. The van der Waals surface area contributed by atoms with Crippen LogP contribution in [0.2, 0.25) is 10.0 Å². The fraction of sp³-hybridized carbons (Fsp3) is 0.364. The Kier molecular flexibility index (Phi) is 8.81. The summed E-state index contributed by atoms with van der Waals surface area (Å²) < 4.78 is 0. The molecule has 0 saturated carbocycles. The van der Waals surface area contributed by atoms with Crippen molar-refractivity contribution in [3.05, 3.63) is 69.7 Å². The van der Waals surface area contributed by atoms with Gasteiger partial charge >= 0.3 is 0 Å². The van der Waals surface area contributed by atoms with Gasteiger partial charge in [0.25, 0.3) is 0 Å². The normalized spacial score (nSPS) is 11.7. The number of amides is 2. The number of benzene rings is 2. The predicted octanol–water partition coefficient (Wildman–Crippen LogP) is 4.87. The van der Waals surface area contributed by atoms with Crippen LogP contribution < -0.4 is 5.32 Å². The lowest BCUT2D eigenvalue weighted by Gasteiger charge is -2.30. The van der Waals surface area contributed by atoms with E-state index in [1.165, 1.54) is 0 Å². The molecule has 0 bridgehead atoms. The number of hydrogen-bond acceptors (Lipinski definition) is 2. The van der Waals surface area contributed by atoms with Gasteiger partial charge < -0.3 is 10.2 Å². The van der Waals surface area contributed by atoms with Crippen LogP contribution >= 0.6 is 23.2 Å². The Morgan fingerprint density at radius 3 is 2.32 bits per heavy atom. The van der Waals surface area contributed by atoms with Gasteiger partial charge in [-0.15, -0.1) is 0 Å². The third-order valence-electron chi connectivity index (χ3n) is 4.47. The van der Waals surface area contributed by atoms with Crippen molar-refractivity contribution < 1.29 is 9.59 Å². The van der Waals surface area contributed by atoms with Crippen LogP contribution in [0.5, 0.6) is 0 Å². The summed E-state index contributed by atoms with van der Waals surface area (Å²) in [5.74, 6) is -0.247. The molecule has 0 aliphatic heterocycles. The molecule has 150 valence electrons. The molecule has 2 rings (SSSR count). The van der Waals surface area contributed by atoms with Crippen molar-refractivity contribution in [2.45, 2.75) is 45.7 Å². The van der Waals surface area contributed by atoms with E-state index in [4.69, 9.17) is 23.2 Å². The highest BCUT2D eigenvalue weighted by Crippen LogP contribution is 2.23. The molecule has 0 spiro atoms. The smallest absolute Gasteiger partial charge is 0.242 e. The second-order valence-electron chi connectivity index (χ2n) is 6.65. The van der Waals surface area contributed by atoms with Gasteiger partial charge in [0.1, 0.15) is 6.04 Å². The second kappa shape index (κ2) is 11.1. The van der Waals surface area contributed by atoms with E-state index in [9.17, 15) is 9.59 Å². The third-order valence-corrected chi connectivity index (χ3v) is 5.21. The van der Waals surface area contributed by atoms with E-state index in [1.54, 1.807) is 23.1 Å². The summed E-state index contributed by atoms with van der Waals surface area (Å²) in [6.45, 7) is 4.88. The van der Waals surface area contributed by atoms with Crippen LogP contribution in [0.15, 0.2) is 48.5 Å². The fourth-order valence-electron chi connectivity index (χ4n) is 2.99. The zero-order chi connectivity index (χ0) is 20.5. The number of nitrogens with zero attached hydrogens (tertiary/aromatic N) is 1. The van der Waals surface area contributed by atoms with Crippen LogP contribution in [0.3, 0.4) is 0 Å². The average molecular weight is 421 g/mol. The number of carbonyl (C=O) groups excluding carboxylic acids is 2. The highest BCUT2D eigenvalue weighted by atomic mass is 35.5. The number of hydrogen-bond donors (Lipinski definition) is 1. The molecule has 6 heteroatoms. The van der Waals surface area contributed by atoms with Gasteiger partial charge in [-0.05, 0) is 36.1 Å². The first kappa shape index (κ1) is 22.3. The summed E-state index contributed by atoms with van der Waals surface area (Å²) in [6.07, 6.45) is 1.54. The van der Waals surface area contributed by atoms with E-state index in [0.717, 1.165) is 17.5 Å². The molecule has 0 unspecified atom stereocenters. The maximum absolute atomic E-state index is 13.2. The van der Waals surface area contributed by atoms with Gasteiger partial charge in [-0.1, -0.05) is 73.4 Å². The minimum atomic E-state index is -0.526. The Morgan fingerprint density at radius 2 is 1.71 bits per heavy atom. The number of carbonyl (C=O) groups is 2. The van der Waals surface area contributed by atoms with Crippen LogP contribution in [0.4, 0.5) is 0 Å². The zero-order valence-electron chi connectivity index (χ0n) is 16.3. The van der Waals surface area contributed by atoms with Crippen molar-refractivity contribution in [2.24, 2.45) is 0 Å². The van der Waals surface area contributed by atoms with E-state index < -0.39 is 6.04 Å². The van der Waals surface area contributed by atoms with Gasteiger partial charge in [-0.25, -0.2) is 0 Å². The van der Waals surface area contributed by atoms with Crippen molar-refractivity contribution in [3.8, 4) is 0 Å². The monoisotopic (exact) mass is 420 g/mol. The maximum Gasteiger partial charge on any atom is 0.242 e. The minimum absolute atomic E-state index is 0.122. The van der Waals surface area contributed by atoms with Gasteiger partial charge in [0, 0.05) is 13.1 Å². The Morgan fingerprint density at radius 1 is 1.00 bits per heavy atom. The van der Waals surface area contributed by atoms with E-state index >= 15 is 0 Å². The van der Waals surface area contributed by atoms with Gasteiger partial charge in [0.2, 0.25) is 11.8 Å². The first-order chi connectivity index (χ1) is 13.5. The van der Waals surface area contributed by atoms with Crippen molar-refractivity contribution in [1.82, 2.24) is 10.2 Å². The van der Waals surface area contributed by atoms with Crippen molar-refractivity contribution in [2.75, 3.05) is 6.54 Å². The SMILES string of the molecule is CCCNC(=O)[C@H](CC)N(Cc1ccccc1)C(=O)Cc1ccc(Cl)c(Cl)c1. The molecule has 0 saturated heterocycles. The molecular formula is C22H26Cl2N2O2. The Labute approximate surface area is 176 Å². The Balaban J connectivity index is 2.25. The highest BCUT2D eigenvalue weighted by molar-refractivity contribution is 6.42. The van der Waals surface area contributed by atoms with E-state index in [2.05, 4.69) is 5.32 Å². The van der Waals surface area contributed by atoms with Crippen molar-refractivity contribution in [1.29, 1.82) is 0 Å². The molecule has 4 nitrogen and oxygen atoms in total. The highest BCUT2D eigenvalue weighted by Gasteiger charge is 2.28. The second-order valence-corrected chi connectivity index (χ2v) is 7.46. The van der Waals surface area contributed by atoms with Crippen LogP contribution in [0, 0.1) is 0 Å². The largest absolute Gasteiger partial charge is 0.354 e. The summed E-state index contributed by atoms with van der Waals surface area (Å²) >= 11 is 12.1. The molecular weight excluding hydrogens is 395 g/mol. The number of nitrogens with one attached hydrogen (secondary N) is 1. The summed E-state index contributed by atoms with van der Waals surface area (Å²) in [5.41, 5.74) is 1.74. The Bertz CT molecular complexity index is 796. The van der Waals surface area contributed by atoms with E-state index in [-0.39, 0.29) is 18.2 Å². The van der Waals surface area contributed by atoms with E-state index in [1.807, 2.05) is 44.2 Å². The molecule has 0 aliphatic rings. The number of rotatable bonds is 9. The van der Waals surface area contributed by atoms with Crippen LogP contribution in [-0.4, -0.2) is 29.3 Å². The average Bonchev–Trinajstić information content (AvgIpc) is 2.69. The lowest BCUT2D eigenvalue weighted by molar-refractivity contribution is -0.140. The topological polar surface area (TPSA) is 49.4 Å². The summed E-state index contributed by atoms with van der Waals surface area (Å²) in [4.78, 5) is 27.5. The van der Waals surface area contributed by atoms with Gasteiger partial charge in [-0.3, -0.25) is 9.59 Å². The van der Waals surface area contributed by atoms with Gasteiger partial charge in [-0.2, -0.15) is 0 Å². The molecule has 28 heavy (non-hydrogen) atoms.